The molecule has 0 radical (unpaired) electrons. The highest BCUT2D eigenvalue weighted by molar-refractivity contribution is 6.08. The molecular weight excluding hydrogens is 446 g/mol. The van der Waals surface area contributed by atoms with Gasteiger partial charge in [-0.25, -0.2) is 0 Å². The number of fused-ring (bicyclic) bond motifs is 1. The molecule has 36 heavy (non-hydrogen) atoms. The smallest absolute Gasteiger partial charge is 0.237 e. The molecule has 1 aliphatic carbocycles. The van der Waals surface area contributed by atoms with Crippen molar-refractivity contribution in [3.63, 3.8) is 0 Å². The largest absolute Gasteiger partial charge is 0.392 e. The fourth-order valence-corrected chi connectivity index (χ4v) is 7.16. The molecule has 2 aliphatic heterocycles. The van der Waals surface area contributed by atoms with Gasteiger partial charge in [-0.15, -0.1) is 0 Å². The predicted molar refractivity (Wildman–Crippen MR) is 145 cm³/mol. The number of anilines is 1. The summed E-state index contributed by atoms with van der Waals surface area (Å²) in [6.07, 6.45) is 2.92. The number of hydrogen-bond acceptors (Lipinski definition) is 4. The predicted octanol–water partition coefficient (Wildman–Crippen LogP) is 4.52. The van der Waals surface area contributed by atoms with Crippen LogP contribution in [-0.2, 0) is 16.6 Å². The van der Waals surface area contributed by atoms with Gasteiger partial charge in [0, 0.05) is 37.4 Å². The summed E-state index contributed by atoms with van der Waals surface area (Å²) < 4.78 is 0. The van der Waals surface area contributed by atoms with Crippen molar-refractivity contribution in [2.75, 3.05) is 38.6 Å². The van der Waals surface area contributed by atoms with Crippen molar-refractivity contribution in [2.45, 2.75) is 56.2 Å². The lowest BCUT2D eigenvalue weighted by Crippen LogP contribution is -2.50. The quantitative estimate of drug-likeness (QED) is 0.560. The lowest BCUT2D eigenvalue weighted by Gasteiger charge is -2.40. The minimum absolute atomic E-state index is 0.151. The van der Waals surface area contributed by atoms with Crippen molar-refractivity contribution in [3.8, 4) is 0 Å². The molecule has 0 spiro atoms. The molecule has 1 fully saturated rings. The molecule has 1 N–H and O–H groups in total. The monoisotopic (exact) mass is 483 g/mol. The van der Waals surface area contributed by atoms with Gasteiger partial charge in [0.2, 0.25) is 5.91 Å². The van der Waals surface area contributed by atoms with E-state index in [1.54, 1.807) is 0 Å². The number of hydrogen-bond donors (Lipinski definition) is 1. The van der Waals surface area contributed by atoms with E-state index in [9.17, 15) is 9.90 Å². The second-order valence-electron chi connectivity index (χ2n) is 11.5. The van der Waals surface area contributed by atoms with Gasteiger partial charge in [0.05, 0.1) is 11.5 Å². The summed E-state index contributed by atoms with van der Waals surface area (Å²) in [5.41, 5.74) is 4.34. The first-order valence-corrected chi connectivity index (χ1v) is 13.4. The normalized spacial score (nSPS) is 25.2. The number of piperidine rings is 1. The Morgan fingerprint density at radius 1 is 1.03 bits per heavy atom. The van der Waals surface area contributed by atoms with Gasteiger partial charge in [-0.3, -0.25) is 9.69 Å². The van der Waals surface area contributed by atoms with Crippen molar-refractivity contribution < 1.29 is 9.90 Å². The number of amides is 1. The topological polar surface area (TPSA) is 47.0 Å². The number of likely N-dealkylation sites (N-methyl/N-ethyl adjacent to an activating group) is 1. The van der Waals surface area contributed by atoms with E-state index in [2.05, 4.69) is 58.3 Å². The van der Waals surface area contributed by atoms with Crippen LogP contribution in [0.5, 0.6) is 0 Å². The second kappa shape index (κ2) is 8.98. The van der Waals surface area contributed by atoms with Gasteiger partial charge in [0.1, 0.15) is 0 Å². The van der Waals surface area contributed by atoms with Gasteiger partial charge in [0.15, 0.2) is 0 Å². The lowest BCUT2D eigenvalue weighted by atomic mass is 9.78. The first kappa shape index (κ1) is 23.7. The van der Waals surface area contributed by atoms with Crippen molar-refractivity contribution in [1.82, 2.24) is 9.80 Å². The van der Waals surface area contributed by atoms with Crippen LogP contribution >= 0.6 is 0 Å². The zero-order chi connectivity index (χ0) is 25.0. The van der Waals surface area contributed by atoms with E-state index < -0.39 is 11.5 Å². The summed E-state index contributed by atoms with van der Waals surface area (Å²) in [7, 11) is 3.92. The fraction of sp³-hybridized carbons (Fsp3) is 0.452. The van der Waals surface area contributed by atoms with Crippen molar-refractivity contribution in [1.29, 1.82) is 0 Å². The summed E-state index contributed by atoms with van der Waals surface area (Å²) >= 11 is 0. The molecule has 1 saturated heterocycles. The third-order valence-corrected chi connectivity index (χ3v) is 8.77. The maximum atomic E-state index is 14.0. The molecule has 3 aromatic carbocycles. The molecule has 0 saturated carbocycles. The number of likely N-dealkylation sites (tertiary alicyclic amines) is 1. The summed E-state index contributed by atoms with van der Waals surface area (Å²) in [6.45, 7) is 4.57. The number of aliphatic hydroxyl groups is 1. The zero-order valence-corrected chi connectivity index (χ0v) is 21.7. The van der Waals surface area contributed by atoms with Crippen LogP contribution < -0.4 is 4.90 Å². The number of carbonyl (C=O) groups excluding carboxylic acids is 1. The van der Waals surface area contributed by atoms with Gasteiger partial charge in [0.25, 0.3) is 0 Å². The summed E-state index contributed by atoms with van der Waals surface area (Å²) in [4.78, 5) is 20.7. The van der Waals surface area contributed by atoms with E-state index in [1.807, 2.05) is 38.1 Å². The Kier molecular flexibility index (Phi) is 5.90. The van der Waals surface area contributed by atoms with E-state index in [1.165, 1.54) is 21.9 Å². The number of benzene rings is 3. The first-order valence-electron chi connectivity index (χ1n) is 13.4. The average Bonchev–Trinajstić information content (AvgIpc) is 3.34. The Morgan fingerprint density at radius 3 is 2.50 bits per heavy atom. The second-order valence-corrected chi connectivity index (χ2v) is 11.5. The minimum atomic E-state index is -0.689. The molecule has 3 aromatic rings. The van der Waals surface area contributed by atoms with Gasteiger partial charge in [-0.1, -0.05) is 54.6 Å². The lowest BCUT2D eigenvalue weighted by molar-refractivity contribution is -0.124. The fourth-order valence-electron chi connectivity index (χ4n) is 7.16. The van der Waals surface area contributed by atoms with Crippen LogP contribution in [0.3, 0.4) is 0 Å². The van der Waals surface area contributed by atoms with Gasteiger partial charge in [-0.2, -0.15) is 0 Å². The Balaban J connectivity index is 1.21. The Morgan fingerprint density at radius 2 is 1.75 bits per heavy atom. The van der Waals surface area contributed by atoms with Crippen LogP contribution in [0.25, 0.3) is 10.8 Å². The number of carbonyl (C=O) groups is 1. The Hall–Kier alpha value is -2.73. The van der Waals surface area contributed by atoms with Crippen molar-refractivity contribution >= 4 is 22.4 Å². The molecule has 3 atom stereocenters. The van der Waals surface area contributed by atoms with Gasteiger partial charge in [-0.05, 0) is 80.2 Å². The highest BCUT2D eigenvalue weighted by atomic mass is 16.3. The molecule has 1 amide bonds. The van der Waals surface area contributed by atoms with E-state index in [4.69, 9.17) is 0 Å². The maximum absolute atomic E-state index is 14.0. The third-order valence-electron chi connectivity index (χ3n) is 8.77. The molecule has 188 valence electrons. The van der Waals surface area contributed by atoms with Crippen LogP contribution in [0.15, 0.2) is 60.7 Å². The highest BCUT2D eigenvalue weighted by Crippen LogP contribution is 2.47. The van der Waals surface area contributed by atoms with E-state index in [0.29, 0.717) is 19.0 Å². The summed E-state index contributed by atoms with van der Waals surface area (Å²) in [6, 6.07) is 22.3. The molecule has 3 aliphatic rings. The molecule has 6 rings (SSSR count). The van der Waals surface area contributed by atoms with E-state index >= 15 is 0 Å². The zero-order valence-electron chi connectivity index (χ0n) is 21.7. The van der Waals surface area contributed by atoms with Crippen LogP contribution in [0.4, 0.5) is 5.69 Å². The van der Waals surface area contributed by atoms with Crippen molar-refractivity contribution in [3.05, 3.63) is 77.4 Å². The molecule has 3 unspecified atom stereocenters. The van der Waals surface area contributed by atoms with E-state index in [0.717, 1.165) is 43.6 Å². The molecule has 2 heterocycles. The minimum Gasteiger partial charge on any atom is -0.392 e. The first-order chi connectivity index (χ1) is 17.4. The SMILES string of the molecule is CN(C)CC(O)CC1(C)C(=O)N(C2CCN(C3Cc4cccc5cccc3c45)CC2)c2ccccc21. The number of para-hydroxylation sites is 1. The molecule has 5 nitrogen and oxygen atoms in total. The summed E-state index contributed by atoms with van der Waals surface area (Å²) in [5, 5.41) is 13.6. The van der Waals surface area contributed by atoms with Crippen LogP contribution in [-0.4, -0.2) is 66.7 Å². The molecule has 5 heteroatoms. The molecule has 0 bridgehead atoms. The average molecular weight is 484 g/mol. The third kappa shape index (κ3) is 3.76. The van der Waals surface area contributed by atoms with Gasteiger partial charge >= 0.3 is 0 Å². The number of rotatable bonds is 6. The molecular formula is C31H37N3O2. The number of nitrogens with zero attached hydrogens (tertiary/aromatic N) is 3. The van der Waals surface area contributed by atoms with Crippen LogP contribution in [0, 0.1) is 0 Å². The van der Waals surface area contributed by atoms with Crippen molar-refractivity contribution in [2.24, 2.45) is 0 Å². The Labute approximate surface area is 214 Å². The maximum Gasteiger partial charge on any atom is 0.237 e. The van der Waals surface area contributed by atoms with Crippen LogP contribution in [0.2, 0.25) is 0 Å². The van der Waals surface area contributed by atoms with Crippen LogP contribution in [0.1, 0.15) is 48.9 Å². The highest BCUT2D eigenvalue weighted by Gasteiger charge is 2.50. The molecule has 0 aromatic heterocycles. The Bertz CT molecular complexity index is 1290. The number of aliphatic hydroxyl groups excluding tert-OH is 1. The van der Waals surface area contributed by atoms with E-state index in [-0.39, 0.29) is 11.9 Å². The standard InChI is InChI=1S/C31H37N3O2/c1-31(19-24(35)20-32(2)3)26-12-4-5-13-27(26)34(30(31)36)23-14-16-33(17-15-23)28-18-22-10-6-8-21-9-7-11-25(28)29(21)22/h4-13,23-24,28,35H,14-20H2,1-3H3. The van der Waals surface area contributed by atoms with Gasteiger partial charge < -0.3 is 14.9 Å². The summed E-state index contributed by atoms with van der Waals surface area (Å²) in [5.74, 6) is 0.151.